The fourth-order valence-corrected chi connectivity index (χ4v) is 4.39. The number of benzene rings is 1. The number of rotatable bonds is 6. The van der Waals surface area contributed by atoms with Crippen LogP contribution < -0.4 is 0 Å². The van der Waals surface area contributed by atoms with Gasteiger partial charge in [-0.05, 0) is 70.2 Å². The first kappa shape index (κ1) is 22.7. The number of hydrogen-bond acceptors (Lipinski definition) is 5. The lowest BCUT2D eigenvalue weighted by Gasteiger charge is -2.26. The summed E-state index contributed by atoms with van der Waals surface area (Å²) in [6, 6.07) is 8.59. The van der Waals surface area contributed by atoms with E-state index in [9.17, 15) is 19.1 Å². The van der Waals surface area contributed by atoms with E-state index in [4.69, 9.17) is 0 Å². The minimum atomic E-state index is -0.817. The van der Waals surface area contributed by atoms with Crippen LogP contribution in [0.5, 0.6) is 0 Å². The molecule has 1 aliphatic heterocycles. The van der Waals surface area contributed by atoms with E-state index in [2.05, 4.69) is 4.98 Å². The standard InChI is InChI=1S/C25H27FN4O3/c1-15-7-5-13-29-20(16(2)27-24(15)29)22(31)19-21(17-8-10-18(26)11-9-17)30(25(33)23(19)32)14-6-12-28(3)4/h5,7-11,13,21,31H,6,12,14H2,1-4H3/b22-19+/t21-/m0/s1. The molecule has 2 aromatic heterocycles. The summed E-state index contributed by atoms with van der Waals surface area (Å²) >= 11 is 0. The van der Waals surface area contributed by atoms with Crippen molar-refractivity contribution in [2.24, 2.45) is 0 Å². The fourth-order valence-electron chi connectivity index (χ4n) is 4.39. The van der Waals surface area contributed by atoms with Crippen LogP contribution in [-0.2, 0) is 9.59 Å². The van der Waals surface area contributed by atoms with Gasteiger partial charge in [0.15, 0.2) is 5.76 Å². The first-order chi connectivity index (χ1) is 15.7. The maximum Gasteiger partial charge on any atom is 0.295 e. The van der Waals surface area contributed by atoms with Gasteiger partial charge in [0.25, 0.3) is 11.7 Å². The van der Waals surface area contributed by atoms with E-state index in [-0.39, 0.29) is 11.3 Å². The molecule has 1 aliphatic rings. The van der Waals surface area contributed by atoms with E-state index in [1.807, 2.05) is 38.1 Å². The van der Waals surface area contributed by atoms with Gasteiger partial charge >= 0.3 is 0 Å². The van der Waals surface area contributed by atoms with Gasteiger partial charge in [-0.2, -0.15) is 0 Å². The number of aliphatic hydroxyl groups is 1. The second kappa shape index (κ2) is 8.78. The monoisotopic (exact) mass is 450 g/mol. The molecule has 1 aromatic carbocycles. The number of ketones is 1. The van der Waals surface area contributed by atoms with Crippen LogP contribution in [0.1, 0.15) is 35.0 Å². The molecule has 7 nitrogen and oxygen atoms in total. The molecule has 3 aromatic rings. The lowest BCUT2D eigenvalue weighted by atomic mass is 9.96. The summed E-state index contributed by atoms with van der Waals surface area (Å²) in [5.41, 5.74) is 3.03. The Morgan fingerprint density at radius 3 is 2.52 bits per heavy atom. The number of fused-ring (bicyclic) bond motifs is 1. The Morgan fingerprint density at radius 2 is 1.85 bits per heavy atom. The number of aryl methyl sites for hydroxylation is 2. The molecule has 1 fully saturated rings. The van der Waals surface area contributed by atoms with Crippen LogP contribution in [0.15, 0.2) is 48.2 Å². The van der Waals surface area contributed by atoms with Crippen molar-refractivity contribution in [3.05, 3.63) is 76.5 Å². The average Bonchev–Trinajstić information content (AvgIpc) is 3.23. The predicted octanol–water partition coefficient (Wildman–Crippen LogP) is 3.46. The molecule has 1 amide bonds. The molecule has 1 N–H and O–H groups in total. The van der Waals surface area contributed by atoms with Crippen LogP contribution in [0.2, 0.25) is 0 Å². The van der Waals surface area contributed by atoms with E-state index in [0.717, 1.165) is 12.1 Å². The quantitative estimate of drug-likeness (QED) is 0.354. The van der Waals surface area contributed by atoms with Crippen molar-refractivity contribution in [2.45, 2.75) is 26.3 Å². The highest BCUT2D eigenvalue weighted by Gasteiger charge is 2.46. The van der Waals surface area contributed by atoms with Gasteiger partial charge in [0.2, 0.25) is 0 Å². The van der Waals surface area contributed by atoms with Crippen molar-refractivity contribution in [2.75, 3.05) is 27.2 Å². The molecule has 0 radical (unpaired) electrons. The number of amides is 1. The minimum absolute atomic E-state index is 0.0112. The van der Waals surface area contributed by atoms with E-state index < -0.39 is 23.5 Å². The van der Waals surface area contributed by atoms with Crippen molar-refractivity contribution in [1.82, 2.24) is 19.2 Å². The molecule has 33 heavy (non-hydrogen) atoms. The lowest BCUT2D eigenvalue weighted by molar-refractivity contribution is -0.139. The summed E-state index contributed by atoms with van der Waals surface area (Å²) in [6.45, 7) is 4.72. The fraction of sp³-hybridized carbons (Fsp3) is 0.320. The number of nitrogens with zero attached hydrogens (tertiary/aromatic N) is 4. The van der Waals surface area contributed by atoms with Gasteiger partial charge in [-0.3, -0.25) is 14.0 Å². The molecule has 0 unspecified atom stereocenters. The molecular weight excluding hydrogens is 423 g/mol. The maximum atomic E-state index is 13.6. The number of aliphatic hydroxyl groups excluding tert-OH is 1. The molecular formula is C25H27FN4O3. The van der Waals surface area contributed by atoms with Gasteiger partial charge in [-0.1, -0.05) is 18.2 Å². The van der Waals surface area contributed by atoms with Crippen molar-refractivity contribution in [1.29, 1.82) is 0 Å². The Kier molecular flexibility index (Phi) is 6.03. The van der Waals surface area contributed by atoms with Crippen molar-refractivity contribution in [3.8, 4) is 0 Å². The summed E-state index contributed by atoms with van der Waals surface area (Å²) in [7, 11) is 3.86. The number of imidazole rings is 1. The highest BCUT2D eigenvalue weighted by molar-refractivity contribution is 6.46. The van der Waals surface area contributed by atoms with Crippen LogP contribution in [-0.4, -0.2) is 63.2 Å². The molecule has 8 heteroatoms. The van der Waals surface area contributed by atoms with Gasteiger partial charge in [0, 0.05) is 12.7 Å². The molecule has 0 spiro atoms. The van der Waals surface area contributed by atoms with Gasteiger partial charge in [0.05, 0.1) is 17.3 Å². The third kappa shape index (κ3) is 4.02. The maximum absolute atomic E-state index is 13.6. The number of Topliss-reactive ketones (excluding diaryl/α,β-unsaturated/α-hetero) is 1. The molecule has 1 saturated heterocycles. The van der Waals surface area contributed by atoms with Gasteiger partial charge < -0.3 is 14.9 Å². The Balaban J connectivity index is 1.89. The molecule has 172 valence electrons. The molecule has 4 rings (SSSR count). The number of carbonyl (C=O) groups is 2. The van der Waals surface area contributed by atoms with Crippen LogP contribution in [0.3, 0.4) is 0 Å². The molecule has 0 bridgehead atoms. The van der Waals surface area contributed by atoms with Crippen molar-refractivity contribution < 1.29 is 19.1 Å². The number of carbonyl (C=O) groups excluding carboxylic acids is 2. The Hall–Kier alpha value is -3.52. The normalized spacial score (nSPS) is 18.1. The first-order valence-electron chi connectivity index (χ1n) is 10.8. The zero-order valence-corrected chi connectivity index (χ0v) is 19.2. The van der Waals surface area contributed by atoms with E-state index >= 15 is 0 Å². The summed E-state index contributed by atoms with van der Waals surface area (Å²) in [6.07, 6.45) is 2.41. The highest BCUT2D eigenvalue weighted by Crippen LogP contribution is 2.40. The molecule has 3 heterocycles. The van der Waals surface area contributed by atoms with E-state index in [1.54, 1.807) is 29.7 Å². The Bertz CT molecular complexity index is 1260. The Morgan fingerprint density at radius 1 is 1.15 bits per heavy atom. The second-order valence-electron chi connectivity index (χ2n) is 8.63. The van der Waals surface area contributed by atoms with Gasteiger partial charge in [-0.25, -0.2) is 9.37 Å². The van der Waals surface area contributed by atoms with E-state index in [0.29, 0.717) is 35.6 Å². The van der Waals surface area contributed by atoms with Crippen LogP contribution in [0.4, 0.5) is 4.39 Å². The minimum Gasteiger partial charge on any atom is -0.505 e. The smallest absolute Gasteiger partial charge is 0.295 e. The molecule has 0 aliphatic carbocycles. The number of pyridine rings is 1. The van der Waals surface area contributed by atoms with Crippen LogP contribution >= 0.6 is 0 Å². The van der Waals surface area contributed by atoms with Gasteiger partial charge in [0.1, 0.15) is 17.2 Å². The average molecular weight is 451 g/mol. The zero-order chi connectivity index (χ0) is 23.9. The summed E-state index contributed by atoms with van der Waals surface area (Å²) in [4.78, 5) is 34.2. The largest absolute Gasteiger partial charge is 0.505 e. The summed E-state index contributed by atoms with van der Waals surface area (Å²) in [5, 5.41) is 11.4. The molecule has 1 atom stereocenters. The summed E-state index contributed by atoms with van der Waals surface area (Å²) < 4.78 is 15.4. The predicted molar refractivity (Wildman–Crippen MR) is 123 cm³/mol. The third-order valence-corrected chi connectivity index (χ3v) is 5.97. The number of halogens is 1. The number of likely N-dealkylation sites (tertiary alicyclic amines) is 1. The summed E-state index contributed by atoms with van der Waals surface area (Å²) in [5.74, 6) is -2.13. The third-order valence-electron chi connectivity index (χ3n) is 5.97. The van der Waals surface area contributed by atoms with Crippen LogP contribution in [0, 0.1) is 19.7 Å². The van der Waals surface area contributed by atoms with Gasteiger partial charge in [-0.15, -0.1) is 0 Å². The van der Waals surface area contributed by atoms with E-state index in [1.165, 1.54) is 17.0 Å². The zero-order valence-electron chi connectivity index (χ0n) is 19.2. The lowest BCUT2D eigenvalue weighted by Crippen LogP contribution is -2.32. The number of aromatic nitrogens is 2. The van der Waals surface area contributed by atoms with Crippen molar-refractivity contribution in [3.63, 3.8) is 0 Å². The highest BCUT2D eigenvalue weighted by atomic mass is 19.1. The SMILES string of the molecule is Cc1nc2c(C)cccn2c1/C(O)=C1\C(=O)C(=O)N(CCCN(C)C)[C@H]1c1ccc(F)cc1. The van der Waals surface area contributed by atoms with Crippen molar-refractivity contribution >= 4 is 23.1 Å². The topological polar surface area (TPSA) is 78.1 Å². The first-order valence-corrected chi connectivity index (χ1v) is 10.8. The van der Waals surface area contributed by atoms with Crippen LogP contribution in [0.25, 0.3) is 11.4 Å². The Labute approximate surface area is 191 Å². The number of hydrogen-bond donors (Lipinski definition) is 1. The second-order valence-corrected chi connectivity index (χ2v) is 8.63. The molecule has 0 saturated carbocycles.